The summed E-state index contributed by atoms with van der Waals surface area (Å²) in [6, 6.07) is 38.7. The van der Waals surface area contributed by atoms with Gasteiger partial charge in [0.1, 0.15) is 5.82 Å². The molecule has 0 heterocycles. The van der Waals surface area contributed by atoms with Crippen molar-refractivity contribution in [2.45, 2.75) is 0 Å². The predicted molar refractivity (Wildman–Crippen MR) is 120 cm³/mol. The Balaban J connectivity index is 1.46. The Labute approximate surface area is 169 Å². The van der Waals surface area contributed by atoms with E-state index in [1.165, 1.54) is 45.2 Å². The van der Waals surface area contributed by atoms with Crippen molar-refractivity contribution in [1.29, 1.82) is 0 Å². The standard InChI is InChI=1S/C28H19F/c29-28-16-14-22(15-17-28)21-6-8-23(9-7-21)25-11-13-26-18-24(10-12-27(26)19-25)20-4-2-1-3-5-20/h1-19H. The quantitative estimate of drug-likeness (QED) is 0.300. The molecule has 0 amide bonds. The minimum atomic E-state index is -0.211. The molecule has 0 N–H and O–H groups in total. The maximum absolute atomic E-state index is 13.1. The second kappa shape index (κ2) is 7.37. The fraction of sp³-hybridized carbons (Fsp3) is 0. The van der Waals surface area contributed by atoms with Crippen molar-refractivity contribution in [2.75, 3.05) is 0 Å². The van der Waals surface area contributed by atoms with E-state index in [9.17, 15) is 4.39 Å². The Morgan fingerprint density at radius 3 is 1.24 bits per heavy atom. The van der Waals surface area contributed by atoms with E-state index in [4.69, 9.17) is 0 Å². The molecule has 138 valence electrons. The molecule has 0 saturated heterocycles. The first-order chi connectivity index (χ1) is 14.3. The highest BCUT2D eigenvalue weighted by Gasteiger charge is 2.04. The topological polar surface area (TPSA) is 0 Å². The van der Waals surface area contributed by atoms with Crippen molar-refractivity contribution in [3.8, 4) is 33.4 Å². The van der Waals surface area contributed by atoms with E-state index in [1.807, 2.05) is 18.2 Å². The summed E-state index contributed by atoms with van der Waals surface area (Å²) in [7, 11) is 0. The molecule has 0 radical (unpaired) electrons. The van der Waals surface area contributed by atoms with Crippen LogP contribution in [0.2, 0.25) is 0 Å². The van der Waals surface area contributed by atoms with Gasteiger partial charge < -0.3 is 0 Å². The second-order valence-corrected chi connectivity index (χ2v) is 7.23. The van der Waals surface area contributed by atoms with Crippen LogP contribution in [0.1, 0.15) is 0 Å². The van der Waals surface area contributed by atoms with E-state index in [1.54, 1.807) is 0 Å². The summed E-state index contributed by atoms with van der Waals surface area (Å²) in [6.45, 7) is 0. The molecule has 29 heavy (non-hydrogen) atoms. The first kappa shape index (κ1) is 17.4. The van der Waals surface area contributed by atoms with Gasteiger partial charge in [0.2, 0.25) is 0 Å². The molecule has 0 atom stereocenters. The lowest BCUT2D eigenvalue weighted by Crippen LogP contribution is -1.83. The van der Waals surface area contributed by atoms with Crippen molar-refractivity contribution in [1.82, 2.24) is 0 Å². The Morgan fingerprint density at radius 1 is 0.345 bits per heavy atom. The van der Waals surface area contributed by atoms with Crippen LogP contribution in [0, 0.1) is 5.82 Å². The van der Waals surface area contributed by atoms with Crippen molar-refractivity contribution < 1.29 is 4.39 Å². The third kappa shape index (κ3) is 3.55. The van der Waals surface area contributed by atoms with Crippen LogP contribution < -0.4 is 0 Å². The normalized spacial score (nSPS) is 10.9. The summed E-state index contributed by atoms with van der Waals surface area (Å²) in [5, 5.41) is 2.46. The zero-order valence-corrected chi connectivity index (χ0v) is 15.8. The van der Waals surface area contributed by atoms with E-state index < -0.39 is 0 Å². The summed E-state index contributed by atoms with van der Waals surface area (Å²) in [6.07, 6.45) is 0. The minimum Gasteiger partial charge on any atom is -0.207 e. The number of hydrogen-bond donors (Lipinski definition) is 0. The van der Waals surface area contributed by atoms with Crippen LogP contribution in [-0.2, 0) is 0 Å². The molecule has 0 aliphatic rings. The molecule has 1 heteroatoms. The Morgan fingerprint density at radius 2 is 0.724 bits per heavy atom. The van der Waals surface area contributed by atoms with Gasteiger partial charge >= 0.3 is 0 Å². The van der Waals surface area contributed by atoms with Gasteiger partial charge in [-0.1, -0.05) is 91.0 Å². The van der Waals surface area contributed by atoms with E-state index in [0.717, 1.165) is 11.1 Å². The highest BCUT2D eigenvalue weighted by molar-refractivity contribution is 5.91. The Kier molecular flexibility index (Phi) is 4.42. The average molecular weight is 374 g/mol. The highest BCUT2D eigenvalue weighted by Crippen LogP contribution is 2.30. The monoisotopic (exact) mass is 374 g/mol. The molecule has 0 unspecified atom stereocenters. The van der Waals surface area contributed by atoms with Gasteiger partial charge in [-0.15, -0.1) is 0 Å². The number of halogens is 1. The lowest BCUT2D eigenvalue weighted by atomic mass is 9.96. The molecule has 0 fully saturated rings. The van der Waals surface area contributed by atoms with Crippen LogP contribution >= 0.6 is 0 Å². The third-order valence-electron chi connectivity index (χ3n) is 5.34. The summed E-state index contributed by atoms with van der Waals surface area (Å²) in [5.74, 6) is -0.211. The third-order valence-corrected chi connectivity index (χ3v) is 5.34. The average Bonchev–Trinajstić information content (AvgIpc) is 2.80. The van der Waals surface area contributed by atoms with E-state index in [2.05, 4.69) is 84.9 Å². The molecular weight excluding hydrogens is 355 g/mol. The summed E-state index contributed by atoms with van der Waals surface area (Å²) >= 11 is 0. The predicted octanol–water partition coefficient (Wildman–Crippen LogP) is 7.98. The SMILES string of the molecule is Fc1ccc(-c2ccc(-c3ccc4cc(-c5ccccc5)ccc4c3)cc2)cc1. The van der Waals surface area contributed by atoms with Gasteiger partial charge in [0.25, 0.3) is 0 Å². The van der Waals surface area contributed by atoms with E-state index >= 15 is 0 Å². The van der Waals surface area contributed by atoms with Crippen molar-refractivity contribution in [3.05, 3.63) is 121 Å². The molecule has 0 spiro atoms. The van der Waals surface area contributed by atoms with Crippen molar-refractivity contribution in [3.63, 3.8) is 0 Å². The van der Waals surface area contributed by atoms with Crippen LogP contribution in [-0.4, -0.2) is 0 Å². The molecular formula is C28H19F. The van der Waals surface area contributed by atoms with Crippen LogP contribution in [0.3, 0.4) is 0 Å². The maximum Gasteiger partial charge on any atom is 0.123 e. The summed E-state index contributed by atoms with van der Waals surface area (Å²) in [5.41, 5.74) is 6.93. The summed E-state index contributed by atoms with van der Waals surface area (Å²) < 4.78 is 13.1. The molecule has 0 aromatic heterocycles. The first-order valence-electron chi connectivity index (χ1n) is 9.72. The van der Waals surface area contributed by atoms with Crippen LogP contribution in [0.5, 0.6) is 0 Å². The minimum absolute atomic E-state index is 0.211. The zero-order valence-electron chi connectivity index (χ0n) is 15.8. The van der Waals surface area contributed by atoms with Gasteiger partial charge in [-0.25, -0.2) is 4.39 Å². The maximum atomic E-state index is 13.1. The van der Waals surface area contributed by atoms with Gasteiger partial charge in [0.15, 0.2) is 0 Å². The fourth-order valence-electron chi connectivity index (χ4n) is 3.73. The highest BCUT2D eigenvalue weighted by atomic mass is 19.1. The molecule has 5 rings (SSSR count). The fourth-order valence-corrected chi connectivity index (χ4v) is 3.73. The zero-order chi connectivity index (χ0) is 19.6. The Bertz CT molecular complexity index is 1270. The molecule has 0 bridgehead atoms. The second-order valence-electron chi connectivity index (χ2n) is 7.23. The van der Waals surface area contributed by atoms with Gasteiger partial charge in [-0.3, -0.25) is 0 Å². The van der Waals surface area contributed by atoms with Crippen molar-refractivity contribution in [2.24, 2.45) is 0 Å². The van der Waals surface area contributed by atoms with Crippen molar-refractivity contribution >= 4 is 10.8 Å². The first-order valence-corrected chi connectivity index (χ1v) is 9.72. The molecule has 0 nitrogen and oxygen atoms in total. The van der Waals surface area contributed by atoms with Gasteiger partial charge in [0, 0.05) is 0 Å². The van der Waals surface area contributed by atoms with Gasteiger partial charge in [-0.05, 0) is 68.4 Å². The van der Waals surface area contributed by atoms with Crippen LogP contribution in [0.15, 0.2) is 115 Å². The molecule has 5 aromatic rings. The lowest BCUT2D eigenvalue weighted by molar-refractivity contribution is 0.628. The number of fused-ring (bicyclic) bond motifs is 1. The lowest BCUT2D eigenvalue weighted by Gasteiger charge is -2.08. The number of benzene rings is 5. The molecule has 0 aliphatic carbocycles. The van der Waals surface area contributed by atoms with Gasteiger partial charge in [-0.2, -0.15) is 0 Å². The van der Waals surface area contributed by atoms with E-state index in [-0.39, 0.29) is 5.82 Å². The van der Waals surface area contributed by atoms with Crippen LogP contribution in [0.4, 0.5) is 4.39 Å². The van der Waals surface area contributed by atoms with Crippen LogP contribution in [0.25, 0.3) is 44.2 Å². The molecule has 0 saturated carbocycles. The number of rotatable bonds is 3. The summed E-state index contributed by atoms with van der Waals surface area (Å²) in [4.78, 5) is 0. The smallest absolute Gasteiger partial charge is 0.123 e. The van der Waals surface area contributed by atoms with Gasteiger partial charge in [0.05, 0.1) is 0 Å². The van der Waals surface area contributed by atoms with E-state index in [0.29, 0.717) is 0 Å². The molecule has 0 aliphatic heterocycles. The largest absolute Gasteiger partial charge is 0.207 e. The molecule has 5 aromatic carbocycles. The Hall–Kier alpha value is -3.71. The number of hydrogen-bond acceptors (Lipinski definition) is 0.